The second-order valence-electron chi connectivity index (χ2n) is 5.69. The maximum Gasteiger partial charge on any atom is 0.200 e. The molecule has 2 aromatic heterocycles. The molecule has 3 rings (SSSR count). The maximum atomic E-state index is 13.2. The Kier molecular flexibility index (Phi) is 4.18. The summed E-state index contributed by atoms with van der Waals surface area (Å²) in [6.45, 7) is 4.63. The fourth-order valence-electron chi connectivity index (χ4n) is 2.36. The van der Waals surface area contributed by atoms with Crippen LogP contribution in [0.1, 0.15) is 31.0 Å². The Hall–Kier alpha value is -2.57. The molecule has 0 saturated heterocycles. The molecule has 0 radical (unpaired) electrons. The Morgan fingerprint density at radius 1 is 1.13 bits per heavy atom. The average Bonchev–Trinajstić information content (AvgIpc) is 2.94. The number of benzene rings is 1. The van der Waals surface area contributed by atoms with Gasteiger partial charge in [-0.15, -0.1) is 10.2 Å². The minimum Gasteiger partial charge on any atom is -0.382 e. The number of nitrogens with zero attached hydrogens (tertiary/aromatic N) is 4. The van der Waals surface area contributed by atoms with Crippen molar-refractivity contribution in [3.63, 3.8) is 0 Å². The van der Waals surface area contributed by atoms with E-state index in [1.807, 2.05) is 6.07 Å². The topological polar surface area (TPSA) is 55.1 Å². The van der Waals surface area contributed by atoms with Gasteiger partial charge in [0.15, 0.2) is 0 Å². The van der Waals surface area contributed by atoms with Gasteiger partial charge in [-0.1, -0.05) is 13.8 Å². The summed E-state index contributed by atoms with van der Waals surface area (Å²) in [6.07, 6.45) is 2.04. The van der Waals surface area contributed by atoms with Gasteiger partial charge in [-0.25, -0.2) is 8.78 Å². The van der Waals surface area contributed by atoms with Crippen molar-refractivity contribution in [2.24, 2.45) is 0 Å². The van der Waals surface area contributed by atoms with Crippen molar-refractivity contribution in [1.29, 1.82) is 0 Å². The highest BCUT2D eigenvalue weighted by molar-refractivity contribution is 5.66. The van der Waals surface area contributed by atoms with Crippen LogP contribution in [-0.2, 0) is 6.42 Å². The fourth-order valence-corrected chi connectivity index (χ4v) is 2.36. The van der Waals surface area contributed by atoms with E-state index in [0.29, 0.717) is 24.2 Å². The maximum absolute atomic E-state index is 13.2. The molecule has 23 heavy (non-hydrogen) atoms. The van der Waals surface area contributed by atoms with Gasteiger partial charge in [-0.3, -0.25) is 0 Å². The molecule has 1 aromatic carbocycles. The number of halogens is 2. The Balaban J connectivity index is 1.77. The molecule has 0 aliphatic heterocycles. The van der Waals surface area contributed by atoms with E-state index >= 15 is 0 Å². The summed E-state index contributed by atoms with van der Waals surface area (Å²) >= 11 is 0. The number of rotatable bonds is 5. The van der Waals surface area contributed by atoms with E-state index < -0.39 is 11.6 Å². The van der Waals surface area contributed by atoms with E-state index in [-0.39, 0.29) is 5.92 Å². The molecule has 0 bridgehead atoms. The molecule has 120 valence electrons. The number of hydrogen-bond acceptors (Lipinski definition) is 4. The lowest BCUT2D eigenvalue weighted by molar-refractivity contribution is 0.580. The zero-order valence-corrected chi connectivity index (χ0v) is 12.9. The molecule has 0 atom stereocenters. The molecule has 0 amide bonds. The highest BCUT2D eigenvalue weighted by Crippen LogP contribution is 2.20. The van der Waals surface area contributed by atoms with Crippen LogP contribution in [0.25, 0.3) is 5.65 Å². The third-order valence-corrected chi connectivity index (χ3v) is 3.53. The minimum atomic E-state index is -0.564. The molecule has 0 fully saturated rings. The van der Waals surface area contributed by atoms with Crippen molar-refractivity contribution in [1.82, 2.24) is 19.8 Å². The van der Waals surface area contributed by atoms with Crippen molar-refractivity contribution in [3.8, 4) is 0 Å². The summed E-state index contributed by atoms with van der Waals surface area (Å²) in [5.41, 5.74) is 2.94. The van der Waals surface area contributed by atoms with Crippen LogP contribution < -0.4 is 5.32 Å². The molecule has 5 nitrogen and oxygen atoms in total. The summed E-state index contributed by atoms with van der Waals surface area (Å²) in [6, 6.07) is 5.47. The van der Waals surface area contributed by atoms with Gasteiger partial charge in [0.25, 0.3) is 0 Å². The largest absolute Gasteiger partial charge is 0.382 e. The molecular formula is C16H17F2N5. The van der Waals surface area contributed by atoms with Crippen molar-refractivity contribution in [2.45, 2.75) is 26.2 Å². The van der Waals surface area contributed by atoms with E-state index in [2.05, 4.69) is 34.5 Å². The minimum absolute atomic E-state index is 0.264. The lowest BCUT2D eigenvalue weighted by atomic mass is 10.1. The lowest BCUT2D eigenvalue weighted by Crippen LogP contribution is -2.09. The van der Waals surface area contributed by atoms with E-state index in [4.69, 9.17) is 0 Å². The standard InChI is InChI=1S/C16H17F2N5/c1-10(2)14-8-15(16-21-20-9-23(16)22-14)19-4-3-11-5-12(17)7-13(18)6-11/h5-10,19H,3-4H2,1-2H3. The SMILES string of the molecule is CC(C)c1cc(NCCc2cc(F)cc(F)c2)c2nncn2n1. The van der Waals surface area contributed by atoms with Crippen molar-refractivity contribution >= 4 is 11.3 Å². The number of aromatic nitrogens is 4. The van der Waals surface area contributed by atoms with Crippen molar-refractivity contribution in [2.75, 3.05) is 11.9 Å². The normalized spacial score (nSPS) is 11.3. The van der Waals surface area contributed by atoms with Gasteiger partial charge in [0.2, 0.25) is 5.65 Å². The molecule has 1 N–H and O–H groups in total. The first-order valence-corrected chi connectivity index (χ1v) is 7.43. The van der Waals surface area contributed by atoms with Gasteiger partial charge in [0.1, 0.15) is 18.0 Å². The quantitative estimate of drug-likeness (QED) is 0.785. The van der Waals surface area contributed by atoms with Gasteiger partial charge in [-0.2, -0.15) is 9.61 Å². The van der Waals surface area contributed by atoms with Crippen LogP contribution >= 0.6 is 0 Å². The average molecular weight is 317 g/mol. The van der Waals surface area contributed by atoms with Crippen LogP contribution in [0.15, 0.2) is 30.6 Å². The first-order valence-electron chi connectivity index (χ1n) is 7.43. The van der Waals surface area contributed by atoms with Crippen LogP contribution in [-0.4, -0.2) is 26.4 Å². The lowest BCUT2D eigenvalue weighted by Gasteiger charge is -2.11. The first kappa shape index (κ1) is 15.3. The first-order chi connectivity index (χ1) is 11.0. The molecule has 0 aliphatic carbocycles. The highest BCUT2D eigenvalue weighted by Gasteiger charge is 2.10. The number of hydrogen-bond donors (Lipinski definition) is 1. The Labute approximate surface area is 132 Å². The van der Waals surface area contributed by atoms with Gasteiger partial charge >= 0.3 is 0 Å². The zero-order valence-electron chi connectivity index (χ0n) is 12.9. The molecule has 0 aliphatic rings. The Morgan fingerprint density at radius 3 is 2.57 bits per heavy atom. The van der Waals surface area contributed by atoms with Crippen LogP contribution in [0, 0.1) is 11.6 Å². The molecular weight excluding hydrogens is 300 g/mol. The van der Waals surface area contributed by atoms with Crippen LogP contribution in [0.5, 0.6) is 0 Å². The number of fused-ring (bicyclic) bond motifs is 1. The summed E-state index contributed by atoms with van der Waals surface area (Å²) in [5, 5.41) is 15.6. The zero-order chi connectivity index (χ0) is 16.4. The smallest absolute Gasteiger partial charge is 0.200 e. The second-order valence-corrected chi connectivity index (χ2v) is 5.69. The van der Waals surface area contributed by atoms with Crippen molar-refractivity contribution < 1.29 is 8.78 Å². The monoisotopic (exact) mass is 317 g/mol. The predicted octanol–water partition coefficient (Wildman–Crippen LogP) is 3.18. The Bertz CT molecular complexity index is 808. The van der Waals surface area contributed by atoms with Gasteiger partial charge in [0, 0.05) is 12.6 Å². The third-order valence-electron chi connectivity index (χ3n) is 3.53. The van der Waals surface area contributed by atoms with Crippen LogP contribution in [0.4, 0.5) is 14.5 Å². The third kappa shape index (κ3) is 3.44. The highest BCUT2D eigenvalue weighted by atomic mass is 19.1. The molecule has 3 aromatic rings. The number of anilines is 1. The summed E-state index contributed by atoms with van der Waals surface area (Å²) in [4.78, 5) is 0. The van der Waals surface area contributed by atoms with Gasteiger partial charge in [-0.05, 0) is 36.1 Å². The molecule has 0 unspecified atom stereocenters. The van der Waals surface area contributed by atoms with Crippen molar-refractivity contribution in [3.05, 3.63) is 53.5 Å². The van der Waals surface area contributed by atoms with Gasteiger partial charge < -0.3 is 5.32 Å². The Morgan fingerprint density at radius 2 is 1.87 bits per heavy atom. The van der Waals surface area contributed by atoms with E-state index in [0.717, 1.165) is 17.4 Å². The van der Waals surface area contributed by atoms with Crippen LogP contribution in [0.2, 0.25) is 0 Å². The molecule has 0 saturated carbocycles. The molecule has 7 heteroatoms. The summed E-state index contributed by atoms with van der Waals surface area (Å²) in [5.74, 6) is -0.864. The molecule has 0 spiro atoms. The van der Waals surface area contributed by atoms with E-state index in [1.165, 1.54) is 12.1 Å². The fraction of sp³-hybridized carbons (Fsp3) is 0.312. The number of nitrogens with one attached hydrogen (secondary N) is 1. The summed E-state index contributed by atoms with van der Waals surface area (Å²) < 4.78 is 28.0. The van der Waals surface area contributed by atoms with Gasteiger partial charge in [0.05, 0.1) is 11.4 Å². The summed E-state index contributed by atoms with van der Waals surface area (Å²) in [7, 11) is 0. The van der Waals surface area contributed by atoms with E-state index in [9.17, 15) is 8.78 Å². The predicted molar refractivity (Wildman–Crippen MR) is 83.4 cm³/mol. The van der Waals surface area contributed by atoms with Crippen LogP contribution in [0.3, 0.4) is 0 Å². The second kappa shape index (κ2) is 6.28. The molecule has 2 heterocycles. The van der Waals surface area contributed by atoms with E-state index in [1.54, 1.807) is 10.8 Å².